The van der Waals surface area contributed by atoms with Gasteiger partial charge in [-0.3, -0.25) is 9.59 Å². The molecule has 1 saturated heterocycles. The van der Waals surface area contributed by atoms with Crippen LogP contribution in [0, 0.1) is 11.8 Å². The van der Waals surface area contributed by atoms with Crippen LogP contribution in [0.1, 0.15) is 64.4 Å². The molecule has 3 amide bonds. The van der Waals surface area contributed by atoms with E-state index in [2.05, 4.69) is 25.8 Å². The zero-order valence-corrected chi connectivity index (χ0v) is 28.2. The van der Waals surface area contributed by atoms with Crippen LogP contribution in [0.4, 0.5) is 10.5 Å². The SMILES string of the molecule is CCC(CC)(NC(=O)c1ccc(N2CC(OC)C2)c(OC[C@H]2C[C@@H]2CO)n1)C(=O)NCCOCCOCCNC(=O)OC(C)(C)C. The molecule has 1 aromatic rings. The van der Waals surface area contributed by atoms with Crippen molar-refractivity contribution in [1.82, 2.24) is 20.9 Å². The van der Waals surface area contributed by atoms with Crippen molar-refractivity contribution in [3.8, 4) is 5.88 Å². The Bertz CT molecular complexity index is 1140. The van der Waals surface area contributed by atoms with Gasteiger partial charge in [0.25, 0.3) is 5.91 Å². The summed E-state index contributed by atoms with van der Waals surface area (Å²) >= 11 is 0. The Balaban J connectivity index is 1.45. The van der Waals surface area contributed by atoms with Gasteiger partial charge in [-0.15, -0.1) is 0 Å². The molecule has 0 unspecified atom stereocenters. The van der Waals surface area contributed by atoms with Crippen molar-refractivity contribution in [1.29, 1.82) is 0 Å². The molecule has 1 saturated carbocycles. The van der Waals surface area contributed by atoms with Crippen LogP contribution in [0.2, 0.25) is 0 Å². The molecule has 1 aliphatic carbocycles. The van der Waals surface area contributed by atoms with Crippen LogP contribution in [-0.2, 0) is 23.7 Å². The van der Waals surface area contributed by atoms with Gasteiger partial charge in [0, 0.05) is 39.9 Å². The minimum absolute atomic E-state index is 0.129. The molecule has 14 nitrogen and oxygen atoms in total. The predicted molar refractivity (Wildman–Crippen MR) is 171 cm³/mol. The van der Waals surface area contributed by atoms with Crippen LogP contribution in [0.3, 0.4) is 0 Å². The number of pyridine rings is 1. The van der Waals surface area contributed by atoms with E-state index in [-0.39, 0.29) is 49.3 Å². The van der Waals surface area contributed by atoms with Crippen LogP contribution in [0.15, 0.2) is 12.1 Å². The second kappa shape index (κ2) is 17.6. The fourth-order valence-electron chi connectivity index (χ4n) is 4.97. The molecule has 4 N–H and O–H groups in total. The minimum atomic E-state index is -1.13. The van der Waals surface area contributed by atoms with Gasteiger partial charge in [0.15, 0.2) is 0 Å². The number of aromatic nitrogens is 1. The highest BCUT2D eigenvalue weighted by Crippen LogP contribution is 2.39. The Labute approximate surface area is 272 Å². The summed E-state index contributed by atoms with van der Waals surface area (Å²) in [5.74, 6) is 0.0871. The van der Waals surface area contributed by atoms with Crippen LogP contribution in [0.25, 0.3) is 0 Å². The third-order valence-corrected chi connectivity index (χ3v) is 8.15. The number of carbonyl (C=O) groups is 3. The van der Waals surface area contributed by atoms with Gasteiger partial charge in [-0.1, -0.05) is 13.8 Å². The minimum Gasteiger partial charge on any atom is -0.476 e. The number of methoxy groups -OCH3 is 1. The topological polar surface area (TPSA) is 170 Å². The molecule has 2 atom stereocenters. The molecule has 3 rings (SSSR count). The van der Waals surface area contributed by atoms with E-state index in [0.29, 0.717) is 64.8 Å². The van der Waals surface area contributed by atoms with Crippen molar-refractivity contribution in [3.05, 3.63) is 17.8 Å². The molecular formula is C32H53N5O9. The number of aliphatic hydroxyl groups is 1. The maximum atomic E-state index is 13.4. The summed E-state index contributed by atoms with van der Waals surface area (Å²) in [5.41, 5.74) is -0.750. The van der Waals surface area contributed by atoms with Crippen molar-refractivity contribution in [2.75, 3.05) is 77.8 Å². The zero-order chi connectivity index (χ0) is 33.7. The van der Waals surface area contributed by atoms with Gasteiger partial charge in [-0.25, -0.2) is 9.78 Å². The molecule has 0 radical (unpaired) electrons. The van der Waals surface area contributed by atoms with Crippen molar-refractivity contribution in [3.63, 3.8) is 0 Å². The van der Waals surface area contributed by atoms with Gasteiger partial charge in [0.1, 0.15) is 22.5 Å². The summed E-state index contributed by atoms with van der Waals surface area (Å²) in [5, 5.41) is 17.8. The summed E-state index contributed by atoms with van der Waals surface area (Å²) in [6.45, 7) is 12.8. The highest BCUT2D eigenvalue weighted by atomic mass is 16.6. The number of nitrogens with one attached hydrogen (secondary N) is 3. The van der Waals surface area contributed by atoms with Crippen molar-refractivity contribution in [2.24, 2.45) is 11.8 Å². The van der Waals surface area contributed by atoms with Crippen molar-refractivity contribution < 1.29 is 43.2 Å². The number of hydrogen-bond acceptors (Lipinski definition) is 11. The second-order valence-corrected chi connectivity index (χ2v) is 12.7. The molecule has 0 aromatic carbocycles. The molecule has 1 aliphatic heterocycles. The van der Waals surface area contributed by atoms with Gasteiger partial charge in [-0.05, 0) is 64.0 Å². The number of alkyl carbamates (subject to hydrolysis) is 1. The highest BCUT2D eigenvalue weighted by molar-refractivity contribution is 5.98. The van der Waals surface area contributed by atoms with E-state index in [1.165, 1.54) is 0 Å². The molecule has 2 fully saturated rings. The van der Waals surface area contributed by atoms with Crippen LogP contribution in [-0.4, -0.2) is 118 Å². The Morgan fingerprint density at radius 2 is 1.63 bits per heavy atom. The fourth-order valence-corrected chi connectivity index (χ4v) is 4.97. The molecule has 46 heavy (non-hydrogen) atoms. The molecule has 2 heterocycles. The van der Waals surface area contributed by atoms with E-state index in [4.69, 9.17) is 23.7 Å². The van der Waals surface area contributed by atoms with Gasteiger partial charge in [0.05, 0.1) is 39.1 Å². The average Bonchev–Trinajstić information content (AvgIpc) is 3.77. The van der Waals surface area contributed by atoms with E-state index >= 15 is 0 Å². The smallest absolute Gasteiger partial charge is 0.407 e. The number of anilines is 1. The van der Waals surface area contributed by atoms with E-state index < -0.39 is 23.1 Å². The maximum absolute atomic E-state index is 13.4. The second-order valence-electron chi connectivity index (χ2n) is 12.7. The Morgan fingerprint density at radius 1 is 0.978 bits per heavy atom. The normalized spacial score (nSPS) is 18.0. The summed E-state index contributed by atoms with van der Waals surface area (Å²) in [4.78, 5) is 45.0. The number of aliphatic hydroxyl groups excluding tert-OH is 1. The lowest BCUT2D eigenvalue weighted by molar-refractivity contribution is -0.128. The lowest BCUT2D eigenvalue weighted by Gasteiger charge is -2.40. The maximum Gasteiger partial charge on any atom is 0.407 e. The van der Waals surface area contributed by atoms with Crippen LogP contribution < -0.4 is 25.6 Å². The third-order valence-electron chi connectivity index (χ3n) is 8.15. The molecule has 0 bridgehead atoms. The largest absolute Gasteiger partial charge is 0.476 e. The van der Waals surface area contributed by atoms with Gasteiger partial charge >= 0.3 is 6.09 Å². The number of carbonyl (C=O) groups excluding carboxylic acids is 3. The molecule has 1 aromatic heterocycles. The number of ether oxygens (including phenoxy) is 5. The number of amides is 3. The number of rotatable bonds is 20. The average molecular weight is 652 g/mol. The number of nitrogens with zero attached hydrogens (tertiary/aromatic N) is 2. The van der Waals surface area contributed by atoms with Crippen molar-refractivity contribution >= 4 is 23.6 Å². The third kappa shape index (κ3) is 11.2. The van der Waals surface area contributed by atoms with Gasteiger partial charge < -0.3 is 49.6 Å². The standard InChI is InChI=1S/C32H53N5O9/c1-7-32(8-2,29(40)33-11-13-43-15-16-44-14-12-34-30(41)46-31(3,4)5)36-27(39)25-9-10-26(37-18-24(19-37)42-6)28(35-25)45-21-23-17-22(23)20-38/h9-10,22-24,38H,7-8,11-21H2,1-6H3,(H,33,40)(H,34,41)(H,36,39)/t22-,23-/m1/s1. The summed E-state index contributed by atoms with van der Waals surface area (Å²) in [7, 11) is 1.68. The number of hydrogen-bond donors (Lipinski definition) is 4. The van der Waals surface area contributed by atoms with Crippen LogP contribution >= 0.6 is 0 Å². The molecule has 2 aliphatic rings. The quantitative estimate of drug-likeness (QED) is 0.152. The first-order valence-corrected chi connectivity index (χ1v) is 16.2. The Hall–Kier alpha value is -3.20. The first-order valence-electron chi connectivity index (χ1n) is 16.2. The monoisotopic (exact) mass is 651 g/mol. The molecule has 0 spiro atoms. The first-order chi connectivity index (χ1) is 21.9. The Kier molecular flexibility index (Phi) is 14.3. The molecule has 14 heteroatoms. The van der Waals surface area contributed by atoms with E-state index in [1.807, 2.05) is 19.9 Å². The fraction of sp³-hybridized carbons (Fsp3) is 0.750. The predicted octanol–water partition coefficient (Wildman–Crippen LogP) is 1.89. The van der Waals surface area contributed by atoms with Crippen molar-refractivity contribution in [2.45, 2.75) is 71.1 Å². The van der Waals surface area contributed by atoms with E-state index in [9.17, 15) is 19.5 Å². The lowest BCUT2D eigenvalue weighted by Crippen LogP contribution is -2.58. The van der Waals surface area contributed by atoms with Crippen LogP contribution in [0.5, 0.6) is 5.88 Å². The van der Waals surface area contributed by atoms with E-state index in [1.54, 1.807) is 33.9 Å². The van der Waals surface area contributed by atoms with Gasteiger partial charge in [-0.2, -0.15) is 0 Å². The zero-order valence-electron chi connectivity index (χ0n) is 28.2. The summed E-state index contributed by atoms with van der Waals surface area (Å²) < 4.78 is 27.6. The first kappa shape index (κ1) is 37.3. The highest BCUT2D eigenvalue weighted by Gasteiger charge is 2.39. The summed E-state index contributed by atoms with van der Waals surface area (Å²) in [6, 6.07) is 3.46. The molecule has 260 valence electrons. The van der Waals surface area contributed by atoms with Gasteiger partial charge in [0.2, 0.25) is 11.8 Å². The molecular weight excluding hydrogens is 598 g/mol. The van der Waals surface area contributed by atoms with E-state index in [0.717, 1.165) is 12.1 Å². The summed E-state index contributed by atoms with van der Waals surface area (Å²) in [6.07, 6.45) is 1.30. The Morgan fingerprint density at radius 3 is 2.20 bits per heavy atom. The lowest BCUT2D eigenvalue weighted by atomic mass is 9.91.